The maximum Gasteiger partial charge on any atom is 0.348 e. The SMILES string of the molecule is CCCCCCCCOc1ccc(-c2ccc(C(=O)Oc3ccc(OC(=O)C(C)(F)CCCCC)cc3)cc2)cc1. The van der Waals surface area contributed by atoms with Crippen molar-refractivity contribution in [3.63, 3.8) is 0 Å². The van der Waals surface area contributed by atoms with E-state index in [1.54, 1.807) is 12.1 Å². The molecule has 0 aliphatic carbocycles. The van der Waals surface area contributed by atoms with Crippen molar-refractivity contribution in [1.82, 2.24) is 0 Å². The Bertz CT molecular complexity index is 1200. The molecular formula is C35H43FO5. The Balaban J connectivity index is 1.47. The van der Waals surface area contributed by atoms with E-state index in [1.807, 2.05) is 43.3 Å². The van der Waals surface area contributed by atoms with Crippen LogP contribution in [0.5, 0.6) is 17.2 Å². The summed E-state index contributed by atoms with van der Waals surface area (Å²) in [5.41, 5.74) is 0.361. The molecule has 1 unspecified atom stereocenters. The van der Waals surface area contributed by atoms with Crippen molar-refractivity contribution in [2.24, 2.45) is 0 Å². The van der Waals surface area contributed by atoms with Crippen LogP contribution in [0, 0.1) is 0 Å². The van der Waals surface area contributed by atoms with Crippen LogP contribution in [0.1, 0.15) is 95.3 Å². The predicted octanol–water partition coefficient (Wildman–Crippen LogP) is 9.53. The molecule has 220 valence electrons. The summed E-state index contributed by atoms with van der Waals surface area (Å²) < 4.78 is 31.2. The minimum absolute atomic E-state index is 0.118. The number of carbonyl (C=O) groups excluding carboxylic acids is 2. The molecule has 41 heavy (non-hydrogen) atoms. The Morgan fingerprint density at radius 1 is 0.634 bits per heavy atom. The summed E-state index contributed by atoms with van der Waals surface area (Å²) in [5, 5.41) is 0. The molecule has 3 aromatic carbocycles. The van der Waals surface area contributed by atoms with Crippen LogP contribution < -0.4 is 14.2 Å². The fourth-order valence-electron chi connectivity index (χ4n) is 4.38. The van der Waals surface area contributed by atoms with Gasteiger partial charge in [-0.05, 0) is 85.8 Å². The van der Waals surface area contributed by atoms with Gasteiger partial charge >= 0.3 is 11.9 Å². The lowest BCUT2D eigenvalue weighted by Crippen LogP contribution is -2.34. The lowest BCUT2D eigenvalue weighted by molar-refractivity contribution is -0.147. The highest BCUT2D eigenvalue weighted by Crippen LogP contribution is 2.26. The third-order valence-electron chi connectivity index (χ3n) is 7.00. The Labute approximate surface area is 244 Å². The summed E-state index contributed by atoms with van der Waals surface area (Å²) in [6.45, 7) is 6.21. The van der Waals surface area contributed by atoms with E-state index in [1.165, 1.54) is 63.3 Å². The Hall–Kier alpha value is -3.67. The molecule has 1 atom stereocenters. The second-order valence-electron chi connectivity index (χ2n) is 10.6. The van der Waals surface area contributed by atoms with Gasteiger partial charge in [-0.15, -0.1) is 0 Å². The number of hydrogen-bond donors (Lipinski definition) is 0. The Kier molecular flexibility index (Phi) is 12.9. The molecule has 0 bridgehead atoms. The first-order valence-corrected chi connectivity index (χ1v) is 14.9. The van der Waals surface area contributed by atoms with Crippen molar-refractivity contribution in [3.8, 4) is 28.4 Å². The van der Waals surface area contributed by atoms with Crippen LogP contribution in [0.3, 0.4) is 0 Å². The zero-order valence-corrected chi connectivity index (χ0v) is 24.6. The van der Waals surface area contributed by atoms with Crippen LogP contribution in [-0.2, 0) is 4.79 Å². The van der Waals surface area contributed by atoms with E-state index in [-0.39, 0.29) is 12.2 Å². The monoisotopic (exact) mass is 562 g/mol. The molecule has 0 saturated carbocycles. The third kappa shape index (κ3) is 10.7. The van der Waals surface area contributed by atoms with Gasteiger partial charge in [-0.25, -0.2) is 14.0 Å². The smallest absolute Gasteiger partial charge is 0.348 e. The number of ether oxygens (including phenoxy) is 3. The van der Waals surface area contributed by atoms with E-state index in [4.69, 9.17) is 14.2 Å². The number of alkyl halides is 1. The van der Waals surface area contributed by atoms with E-state index in [0.29, 0.717) is 17.7 Å². The molecule has 0 fully saturated rings. The average molecular weight is 563 g/mol. The number of rotatable bonds is 17. The molecule has 3 aromatic rings. The summed E-state index contributed by atoms with van der Waals surface area (Å²) in [6.07, 6.45) is 9.94. The van der Waals surface area contributed by atoms with E-state index >= 15 is 0 Å². The number of esters is 2. The molecular weight excluding hydrogens is 519 g/mol. The van der Waals surface area contributed by atoms with Crippen LogP contribution in [0.15, 0.2) is 72.8 Å². The second-order valence-corrected chi connectivity index (χ2v) is 10.6. The Morgan fingerprint density at radius 2 is 1.12 bits per heavy atom. The third-order valence-corrected chi connectivity index (χ3v) is 7.00. The van der Waals surface area contributed by atoms with Crippen molar-refractivity contribution in [1.29, 1.82) is 0 Å². The van der Waals surface area contributed by atoms with Gasteiger partial charge < -0.3 is 14.2 Å². The summed E-state index contributed by atoms with van der Waals surface area (Å²) in [5.74, 6) is -0.0894. The normalized spacial score (nSPS) is 12.4. The fraction of sp³-hybridized carbons (Fsp3) is 0.429. The molecule has 0 spiro atoms. The molecule has 0 aliphatic rings. The van der Waals surface area contributed by atoms with Gasteiger partial charge in [0.05, 0.1) is 12.2 Å². The summed E-state index contributed by atoms with van der Waals surface area (Å²) >= 11 is 0. The minimum atomic E-state index is -2.05. The first-order valence-electron chi connectivity index (χ1n) is 14.9. The quantitative estimate of drug-likeness (QED) is 0.0931. The average Bonchev–Trinajstić information content (AvgIpc) is 2.98. The van der Waals surface area contributed by atoms with Crippen molar-refractivity contribution < 1.29 is 28.2 Å². The van der Waals surface area contributed by atoms with E-state index < -0.39 is 17.6 Å². The molecule has 0 aromatic heterocycles. The zero-order chi connectivity index (χ0) is 29.5. The molecule has 0 radical (unpaired) electrons. The van der Waals surface area contributed by atoms with Crippen molar-refractivity contribution >= 4 is 11.9 Å². The number of hydrogen-bond acceptors (Lipinski definition) is 5. The first-order chi connectivity index (χ1) is 19.8. The molecule has 0 aliphatic heterocycles. The van der Waals surface area contributed by atoms with E-state index in [0.717, 1.165) is 42.7 Å². The van der Waals surface area contributed by atoms with Crippen LogP contribution in [0.2, 0.25) is 0 Å². The maximum absolute atomic E-state index is 14.6. The molecule has 0 amide bonds. The van der Waals surface area contributed by atoms with Crippen molar-refractivity contribution in [2.45, 2.75) is 90.6 Å². The molecule has 3 rings (SSSR count). The number of unbranched alkanes of at least 4 members (excludes halogenated alkanes) is 7. The van der Waals surface area contributed by atoms with Crippen molar-refractivity contribution in [3.05, 3.63) is 78.4 Å². The highest BCUT2D eigenvalue weighted by atomic mass is 19.1. The second kappa shape index (κ2) is 16.6. The van der Waals surface area contributed by atoms with Gasteiger partial charge in [0.25, 0.3) is 0 Å². The molecule has 0 heterocycles. The standard InChI is InChI=1S/C35H43FO5/c1-4-6-8-9-10-12-26-39-30-19-17-28(18-20-30)27-13-15-29(16-14-27)33(37)40-31-21-23-32(24-22-31)41-34(38)35(3,36)25-11-7-5-2/h13-24H,4-12,25-26H2,1-3H3. The summed E-state index contributed by atoms with van der Waals surface area (Å²) in [7, 11) is 0. The Morgan fingerprint density at radius 3 is 1.73 bits per heavy atom. The van der Waals surface area contributed by atoms with Crippen LogP contribution in [-0.4, -0.2) is 24.2 Å². The van der Waals surface area contributed by atoms with Gasteiger partial charge in [-0.3, -0.25) is 0 Å². The lowest BCUT2D eigenvalue weighted by atomic mass is 10.0. The van der Waals surface area contributed by atoms with Gasteiger partial charge in [0.2, 0.25) is 5.67 Å². The van der Waals surface area contributed by atoms with Gasteiger partial charge in [0.15, 0.2) is 0 Å². The van der Waals surface area contributed by atoms with Crippen LogP contribution in [0.25, 0.3) is 11.1 Å². The summed E-state index contributed by atoms with van der Waals surface area (Å²) in [6, 6.07) is 21.1. The van der Waals surface area contributed by atoms with E-state index in [2.05, 4.69) is 6.92 Å². The number of carbonyl (C=O) groups is 2. The van der Waals surface area contributed by atoms with Crippen molar-refractivity contribution in [2.75, 3.05) is 6.61 Å². The van der Waals surface area contributed by atoms with E-state index in [9.17, 15) is 14.0 Å². The first kappa shape index (κ1) is 31.9. The number of halogens is 1. The molecule has 0 N–H and O–H groups in total. The molecule has 6 heteroatoms. The minimum Gasteiger partial charge on any atom is -0.494 e. The highest BCUT2D eigenvalue weighted by molar-refractivity contribution is 5.91. The largest absolute Gasteiger partial charge is 0.494 e. The van der Waals surface area contributed by atoms with Crippen LogP contribution in [0.4, 0.5) is 4.39 Å². The fourth-order valence-corrected chi connectivity index (χ4v) is 4.38. The van der Waals surface area contributed by atoms with Gasteiger partial charge in [0.1, 0.15) is 17.2 Å². The lowest BCUT2D eigenvalue weighted by Gasteiger charge is -2.18. The van der Waals surface area contributed by atoms with Gasteiger partial charge in [-0.2, -0.15) is 0 Å². The van der Waals surface area contributed by atoms with Crippen LogP contribution >= 0.6 is 0 Å². The topological polar surface area (TPSA) is 61.8 Å². The molecule has 5 nitrogen and oxygen atoms in total. The zero-order valence-electron chi connectivity index (χ0n) is 24.6. The maximum atomic E-state index is 14.6. The number of benzene rings is 3. The highest BCUT2D eigenvalue weighted by Gasteiger charge is 2.34. The van der Waals surface area contributed by atoms with Gasteiger partial charge in [-0.1, -0.05) is 83.1 Å². The molecule has 0 saturated heterocycles. The predicted molar refractivity (Wildman–Crippen MR) is 161 cm³/mol. The van der Waals surface area contributed by atoms with Gasteiger partial charge in [0, 0.05) is 0 Å². The summed E-state index contributed by atoms with van der Waals surface area (Å²) in [4.78, 5) is 24.9.